The third-order valence-electron chi connectivity index (χ3n) is 2.92. The molecule has 2 aromatic heterocycles. The van der Waals surface area contributed by atoms with Gasteiger partial charge in [0.2, 0.25) is 0 Å². The number of carbonyl (C=O) groups excluding carboxylic acids is 1. The van der Waals surface area contributed by atoms with Crippen molar-refractivity contribution in [2.24, 2.45) is 0 Å². The summed E-state index contributed by atoms with van der Waals surface area (Å²) in [6, 6.07) is 5.30. The highest BCUT2D eigenvalue weighted by Crippen LogP contribution is 2.36. The van der Waals surface area contributed by atoms with E-state index in [0.29, 0.717) is 5.56 Å². The van der Waals surface area contributed by atoms with Gasteiger partial charge in [-0.1, -0.05) is 0 Å². The number of imidazole rings is 1. The van der Waals surface area contributed by atoms with Crippen molar-refractivity contribution in [2.45, 2.75) is 16.9 Å². The molecule has 4 nitrogen and oxygen atoms in total. The van der Waals surface area contributed by atoms with E-state index < -0.39 is 5.51 Å². The van der Waals surface area contributed by atoms with Gasteiger partial charge in [0.05, 0.1) is 12.2 Å². The van der Waals surface area contributed by atoms with Gasteiger partial charge in [0.1, 0.15) is 0 Å². The number of halogens is 3. The Morgan fingerprint density at radius 1 is 1.30 bits per heavy atom. The van der Waals surface area contributed by atoms with Crippen molar-refractivity contribution < 1.29 is 18.0 Å². The summed E-state index contributed by atoms with van der Waals surface area (Å²) >= 11 is 1.28. The molecule has 23 heavy (non-hydrogen) atoms. The lowest BCUT2D eigenvalue weighted by Crippen LogP contribution is -2.22. The van der Waals surface area contributed by atoms with E-state index in [0.717, 1.165) is 10.7 Å². The van der Waals surface area contributed by atoms with Crippen molar-refractivity contribution in [3.05, 3.63) is 53.3 Å². The third-order valence-corrected chi connectivity index (χ3v) is 4.43. The SMILES string of the molecule is O=C(NCc1cn2ccsc2n1)c1ccc(SC(F)(F)F)cc1. The average Bonchev–Trinajstić information content (AvgIpc) is 3.04. The molecule has 0 unspecified atom stereocenters. The molecular formula is C14H10F3N3OS2. The molecule has 0 aliphatic carbocycles. The molecule has 0 spiro atoms. The average molecular weight is 357 g/mol. The van der Waals surface area contributed by atoms with Gasteiger partial charge in [-0.05, 0) is 36.0 Å². The third kappa shape index (κ3) is 4.05. The molecule has 3 aromatic rings. The molecule has 0 fully saturated rings. The van der Waals surface area contributed by atoms with Crippen LogP contribution in [0.25, 0.3) is 4.96 Å². The minimum absolute atomic E-state index is 0.0448. The number of thioether (sulfide) groups is 1. The van der Waals surface area contributed by atoms with Crippen molar-refractivity contribution in [3.8, 4) is 0 Å². The Bertz CT molecular complexity index is 795. The van der Waals surface area contributed by atoms with E-state index in [1.807, 2.05) is 22.2 Å². The van der Waals surface area contributed by atoms with E-state index in [-0.39, 0.29) is 29.1 Å². The van der Waals surface area contributed by atoms with E-state index in [2.05, 4.69) is 10.3 Å². The molecule has 3 rings (SSSR count). The van der Waals surface area contributed by atoms with Crippen LogP contribution in [0.3, 0.4) is 0 Å². The predicted octanol–water partition coefficient (Wildman–Crippen LogP) is 3.94. The number of aromatic nitrogens is 2. The Labute approximate surface area is 137 Å². The molecule has 1 amide bonds. The summed E-state index contributed by atoms with van der Waals surface area (Å²) in [7, 11) is 0. The van der Waals surface area contributed by atoms with Crippen LogP contribution in [-0.2, 0) is 6.54 Å². The van der Waals surface area contributed by atoms with Gasteiger partial charge in [0.25, 0.3) is 5.91 Å². The number of nitrogens with one attached hydrogen (secondary N) is 1. The van der Waals surface area contributed by atoms with E-state index in [1.54, 1.807) is 0 Å². The van der Waals surface area contributed by atoms with E-state index in [9.17, 15) is 18.0 Å². The van der Waals surface area contributed by atoms with Crippen molar-refractivity contribution in [2.75, 3.05) is 0 Å². The van der Waals surface area contributed by atoms with Crippen LogP contribution in [-0.4, -0.2) is 20.8 Å². The normalized spacial score (nSPS) is 11.8. The molecule has 0 bridgehead atoms. The molecule has 0 radical (unpaired) electrons. The summed E-state index contributed by atoms with van der Waals surface area (Å²) in [5, 5.41) is 4.60. The molecule has 0 aliphatic rings. The number of amides is 1. The summed E-state index contributed by atoms with van der Waals surface area (Å²) in [5.74, 6) is -0.357. The van der Waals surface area contributed by atoms with Crippen molar-refractivity contribution in [3.63, 3.8) is 0 Å². The van der Waals surface area contributed by atoms with Gasteiger partial charge in [0, 0.05) is 28.2 Å². The molecule has 9 heteroatoms. The fourth-order valence-corrected chi connectivity index (χ4v) is 3.20. The standard InChI is InChI=1S/C14H10F3N3OS2/c15-14(16,17)23-11-3-1-9(2-4-11)12(21)18-7-10-8-20-5-6-22-13(20)19-10/h1-6,8H,7H2,(H,18,21). The maximum Gasteiger partial charge on any atom is 0.446 e. The van der Waals surface area contributed by atoms with Gasteiger partial charge in [-0.15, -0.1) is 11.3 Å². The number of rotatable bonds is 4. The number of benzene rings is 1. The summed E-state index contributed by atoms with van der Waals surface area (Å²) < 4.78 is 38.6. The van der Waals surface area contributed by atoms with E-state index >= 15 is 0 Å². The Morgan fingerprint density at radius 2 is 2.04 bits per heavy atom. The number of hydrogen-bond donors (Lipinski definition) is 1. The van der Waals surface area contributed by atoms with Gasteiger partial charge in [0.15, 0.2) is 4.96 Å². The largest absolute Gasteiger partial charge is 0.446 e. The van der Waals surface area contributed by atoms with Gasteiger partial charge in [-0.3, -0.25) is 9.20 Å². The molecule has 0 saturated carbocycles. The van der Waals surface area contributed by atoms with Crippen LogP contribution >= 0.6 is 23.1 Å². The van der Waals surface area contributed by atoms with Crippen molar-refractivity contribution in [1.82, 2.24) is 14.7 Å². The highest BCUT2D eigenvalue weighted by Gasteiger charge is 2.29. The zero-order valence-electron chi connectivity index (χ0n) is 11.5. The first kappa shape index (κ1) is 15.9. The topological polar surface area (TPSA) is 46.4 Å². The van der Waals surface area contributed by atoms with Crippen molar-refractivity contribution >= 4 is 34.0 Å². The molecule has 0 aliphatic heterocycles. The van der Waals surface area contributed by atoms with Gasteiger partial charge in [-0.2, -0.15) is 13.2 Å². The Hall–Kier alpha value is -2.00. The molecule has 0 atom stereocenters. The summed E-state index contributed by atoms with van der Waals surface area (Å²) in [4.78, 5) is 17.2. The molecule has 1 N–H and O–H groups in total. The molecule has 0 saturated heterocycles. The van der Waals surface area contributed by atoms with Gasteiger partial charge >= 0.3 is 5.51 Å². The highest BCUT2D eigenvalue weighted by molar-refractivity contribution is 8.00. The van der Waals surface area contributed by atoms with Crippen LogP contribution in [0.15, 0.2) is 46.9 Å². The minimum atomic E-state index is -4.34. The fraction of sp³-hybridized carbons (Fsp3) is 0.143. The zero-order chi connectivity index (χ0) is 16.4. The number of nitrogens with zero attached hydrogens (tertiary/aromatic N) is 2. The maximum absolute atomic E-state index is 12.2. The first-order chi connectivity index (χ1) is 10.9. The molecule has 2 heterocycles. The number of fused-ring (bicyclic) bond motifs is 1. The first-order valence-electron chi connectivity index (χ1n) is 6.46. The second-order valence-electron chi connectivity index (χ2n) is 4.58. The quantitative estimate of drug-likeness (QED) is 0.720. The van der Waals surface area contributed by atoms with Crippen LogP contribution in [0, 0.1) is 0 Å². The maximum atomic E-state index is 12.2. The summed E-state index contributed by atoms with van der Waals surface area (Å²) in [5.41, 5.74) is -3.32. The summed E-state index contributed by atoms with van der Waals surface area (Å²) in [6.07, 6.45) is 3.69. The Kier molecular flexibility index (Phi) is 4.31. The number of hydrogen-bond acceptors (Lipinski definition) is 4. The lowest BCUT2D eigenvalue weighted by atomic mass is 10.2. The lowest BCUT2D eigenvalue weighted by Gasteiger charge is -2.07. The highest BCUT2D eigenvalue weighted by atomic mass is 32.2. The number of alkyl halides is 3. The van der Waals surface area contributed by atoms with Crippen LogP contribution in [0.5, 0.6) is 0 Å². The van der Waals surface area contributed by atoms with Gasteiger partial charge < -0.3 is 5.32 Å². The number of thiazole rings is 1. The molecular weight excluding hydrogens is 347 g/mol. The Morgan fingerprint density at radius 3 is 2.70 bits per heavy atom. The predicted molar refractivity (Wildman–Crippen MR) is 82.6 cm³/mol. The van der Waals surface area contributed by atoms with Crippen LogP contribution in [0.2, 0.25) is 0 Å². The van der Waals surface area contributed by atoms with Crippen LogP contribution in [0.4, 0.5) is 13.2 Å². The Balaban J connectivity index is 1.60. The van der Waals surface area contributed by atoms with Crippen LogP contribution < -0.4 is 5.32 Å². The fourth-order valence-electron chi connectivity index (χ4n) is 1.94. The first-order valence-corrected chi connectivity index (χ1v) is 8.15. The minimum Gasteiger partial charge on any atom is -0.346 e. The molecule has 1 aromatic carbocycles. The van der Waals surface area contributed by atoms with E-state index in [4.69, 9.17) is 0 Å². The second kappa shape index (κ2) is 6.25. The monoisotopic (exact) mass is 357 g/mol. The van der Waals surface area contributed by atoms with Gasteiger partial charge in [-0.25, -0.2) is 4.98 Å². The second-order valence-corrected chi connectivity index (χ2v) is 6.59. The molecule has 120 valence electrons. The smallest absolute Gasteiger partial charge is 0.346 e. The van der Waals surface area contributed by atoms with Crippen LogP contribution in [0.1, 0.15) is 16.1 Å². The lowest BCUT2D eigenvalue weighted by molar-refractivity contribution is -0.0328. The van der Waals surface area contributed by atoms with Crippen molar-refractivity contribution in [1.29, 1.82) is 0 Å². The number of carbonyl (C=O) groups is 1. The van der Waals surface area contributed by atoms with E-state index in [1.165, 1.54) is 35.6 Å². The zero-order valence-corrected chi connectivity index (χ0v) is 13.1. The summed E-state index contributed by atoms with van der Waals surface area (Å²) in [6.45, 7) is 0.256.